The maximum Gasteiger partial charge on any atom is 0.205 e. The Bertz CT molecular complexity index is 1150. The SMILES string of the molecule is CN(CCCOCCCCCCNCC(O[Si](C)(C)C(C)(C)C)c1ccc2c(c1)COC(C)(C)O2)Cc1c(Cl)cccc1Cl. The molecule has 0 saturated carbocycles. The summed E-state index contributed by atoms with van der Waals surface area (Å²) in [5, 5.41) is 5.27. The molecule has 1 heterocycles. The lowest BCUT2D eigenvalue weighted by Crippen LogP contribution is -2.43. The third-order valence-electron chi connectivity index (χ3n) is 8.67. The van der Waals surface area contributed by atoms with Crippen LogP contribution < -0.4 is 10.1 Å². The average molecular weight is 668 g/mol. The molecular weight excluding hydrogens is 611 g/mol. The molecule has 0 aliphatic carbocycles. The zero-order chi connectivity index (χ0) is 32.4. The molecule has 0 saturated heterocycles. The molecule has 0 fully saturated rings. The van der Waals surface area contributed by atoms with Gasteiger partial charge in [-0.15, -0.1) is 0 Å². The summed E-state index contributed by atoms with van der Waals surface area (Å²) in [5.41, 5.74) is 3.26. The third-order valence-corrected chi connectivity index (χ3v) is 13.9. The van der Waals surface area contributed by atoms with Crippen molar-refractivity contribution in [1.82, 2.24) is 10.2 Å². The van der Waals surface area contributed by atoms with Gasteiger partial charge >= 0.3 is 0 Å². The van der Waals surface area contributed by atoms with Gasteiger partial charge in [0.2, 0.25) is 5.79 Å². The summed E-state index contributed by atoms with van der Waals surface area (Å²) in [4.78, 5) is 2.24. The predicted molar refractivity (Wildman–Crippen MR) is 187 cm³/mol. The van der Waals surface area contributed by atoms with E-state index in [4.69, 9.17) is 41.8 Å². The molecule has 0 aromatic heterocycles. The number of benzene rings is 2. The summed E-state index contributed by atoms with van der Waals surface area (Å²) in [6.45, 7) is 21.0. The summed E-state index contributed by atoms with van der Waals surface area (Å²) in [7, 11) is 0.122. The quantitative estimate of drug-likeness (QED) is 0.126. The molecule has 1 aliphatic rings. The van der Waals surface area contributed by atoms with E-state index >= 15 is 0 Å². The van der Waals surface area contributed by atoms with Crippen LogP contribution in [0.3, 0.4) is 0 Å². The number of fused-ring (bicyclic) bond motifs is 1. The highest BCUT2D eigenvalue weighted by Crippen LogP contribution is 2.41. The van der Waals surface area contributed by atoms with E-state index in [2.05, 4.69) is 69.3 Å². The molecule has 0 bridgehead atoms. The minimum atomic E-state index is -1.97. The summed E-state index contributed by atoms with van der Waals surface area (Å²) in [5.74, 6) is 0.309. The zero-order valence-corrected chi connectivity index (χ0v) is 30.9. The van der Waals surface area contributed by atoms with Crippen molar-refractivity contribution in [3.05, 3.63) is 63.1 Å². The number of nitrogens with zero attached hydrogens (tertiary/aromatic N) is 1. The van der Waals surface area contributed by atoms with Crippen LogP contribution in [0.25, 0.3) is 0 Å². The Labute approximate surface area is 278 Å². The number of hydrogen-bond donors (Lipinski definition) is 1. The maximum absolute atomic E-state index is 6.93. The summed E-state index contributed by atoms with van der Waals surface area (Å²) >= 11 is 12.6. The van der Waals surface area contributed by atoms with Crippen LogP contribution in [0.4, 0.5) is 0 Å². The lowest BCUT2D eigenvalue weighted by atomic mass is 10.0. The van der Waals surface area contributed by atoms with Crippen molar-refractivity contribution < 1.29 is 18.6 Å². The number of ether oxygens (including phenoxy) is 3. The predicted octanol–water partition coefficient (Wildman–Crippen LogP) is 9.39. The fraction of sp³-hybridized carbons (Fsp3) is 0.657. The fourth-order valence-electron chi connectivity index (χ4n) is 4.93. The number of halogens is 2. The highest BCUT2D eigenvalue weighted by molar-refractivity contribution is 6.74. The molecule has 1 N–H and O–H groups in total. The molecule has 2 aromatic carbocycles. The van der Waals surface area contributed by atoms with Crippen LogP contribution in [0.2, 0.25) is 28.2 Å². The second-order valence-corrected chi connectivity index (χ2v) is 19.6. The van der Waals surface area contributed by atoms with E-state index in [0.717, 1.165) is 85.6 Å². The topological polar surface area (TPSA) is 52.2 Å². The van der Waals surface area contributed by atoms with E-state index < -0.39 is 14.1 Å². The Morgan fingerprint density at radius 3 is 2.39 bits per heavy atom. The molecule has 248 valence electrons. The summed E-state index contributed by atoms with van der Waals surface area (Å²) in [6.07, 6.45) is 5.58. The van der Waals surface area contributed by atoms with Crippen LogP contribution >= 0.6 is 23.2 Å². The lowest BCUT2D eigenvalue weighted by Gasteiger charge is -2.40. The molecule has 44 heavy (non-hydrogen) atoms. The molecule has 1 aliphatic heterocycles. The van der Waals surface area contributed by atoms with Gasteiger partial charge < -0.3 is 28.9 Å². The maximum atomic E-state index is 6.93. The van der Waals surface area contributed by atoms with Crippen LogP contribution in [0, 0.1) is 0 Å². The monoisotopic (exact) mass is 666 g/mol. The highest BCUT2D eigenvalue weighted by atomic mass is 35.5. The van der Waals surface area contributed by atoms with Crippen molar-refractivity contribution in [2.75, 3.05) is 39.9 Å². The Balaban J connectivity index is 1.33. The van der Waals surface area contributed by atoms with Crippen LogP contribution in [0.1, 0.15) is 89.5 Å². The van der Waals surface area contributed by atoms with E-state index in [1.807, 2.05) is 32.0 Å². The number of hydrogen-bond acceptors (Lipinski definition) is 6. The van der Waals surface area contributed by atoms with Crippen LogP contribution in [-0.2, 0) is 27.1 Å². The molecular formula is C35H56Cl2N2O4Si. The van der Waals surface area contributed by atoms with Crippen molar-refractivity contribution >= 4 is 31.5 Å². The van der Waals surface area contributed by atoms with Gasteiger partial charge in [0.05, 0.1) is 12.7 Å². The van der Waals surface area contributed by atoms with Gasteiger partial charge in [-0.2, -0.15) is 0 Å². The van der Waals surface area contributed by atoms with Gasteiger partial charge in [-0.25, -0.2) is 0 Å². The molecule has 0 spiro atoms. The number of nitrogens with one attached hydrogen (secondary N) is 1. The average Bonchev–Trinajstić information content (AvgIpc) is 2.93. The van der Waals surface area contributed by atoms with Gasteiger partial charge in [0.15, 0.2) is 8.32 Å². The standard InChI is InChI=1S/C35H56Cl2N2O4Si/c1-34(2,3)44(7,8)43-33(27-17-18-32-28(23-27)26-41-35(4,5)42-32)24-38-19-11-9-10-12-21-40-22-14-20-39(6)25-29-30(36)15-13-16-31(29)37/h13,15-18,23,33,38H,9-12,14,19-22,24-26H2,1-8H3. The Kier molecular flexibility index (Phi) is 14.5. The summed E-state index contributed by atoms with van der Waals surface area (Å²) < 4.78 is 24.8. The fourth-order valence-corrected chi connectivity index (χ4v) is 6.73. The van der Waals surface area contributed by atoms with Gasteiger partial charge in [0, 0.05) is 67.9 Å². The molecule has 2 aromatic rings. The van der Waals surface area contributed by atoms with Gasteiger partial charge in [-0.1, -0.05) is 68.9 Å². The van der Waals surface area contributed by atoms with Crippen molar-refractivity contribution in [3.63, 3.8) is 0 Å². The number of rotatable bonds is 18. The van der Waals surface area contributed by atoms with Crippen molar-refractivity contribution in [2.24, 2.45) is 0 Å². The first-order valence-corrected chi connectivity index (χ1v) is 19.9. The molecule has 0 radical (unpaired) electrons. The van der Waals surface area contributed by atoms with Gasteiger partial charge in [-0.05, 0) is 80.8 Å². The van der Waals surface area contributed by atoms with Crippen molar-refractivity contribution in [1.29, 1.82) is 0 Å². The second-order valence-electron chi connectivity index (χ2n) is 14.0. The van der Waals surface area contributed by atoms with Gasteiger partial charge in [0.1, 0.15) is 5.75 Å². The molecule has 3 rings (SSSR count). The Hall–Kier alpha value is -1.16. The zero-order valence-electron chi connectivity index (χ0n) is 28.4. The minimum Gasteiger partial charge on any atom is -0.463 e. The molecule has 9 heteroatoms. The third kappa shape index (κ3) is 11.9. The second kappa shape index (κ2) is 17.1. The first-order valence-electron chi connectivity index (χ1n) is 16.2. The highest BCUT2D eigenvalue weighted by Gasteiger charge is 2.39. The molecule has 6 nitrogen and oxygen atoms in total. The minimum absolute atomic E-state index is 0.00904. The van der Waals surface area contributed by atoms with E-state index in [1.54, 1.807) is 0 Å². The molecule has 0 amide bonds. The van der Waals surface area contributed by atoms with Crippen molar-refractivity contribution in [2.45, 2.75) is 110 Å². The molecule has 1 atom stereocenters. The van der Waals surface area contributed by atoms with Gasteiger partial charge in [-0.3, -0.25) is 0 Å². The normalized spacial score (nSPS) is 15.7. The van der Waals surface area contributed by atoms with Gasteiger partial charge in [0.25, 0.3) is 0 Å². The van der Waals surface area contributed by atoms with E-state index in [-0.39, 0.29) is 11.1 Å². The Morgan fingerprint density at radius 2 is 1.68 bits per heavy atom. The van der Waals surface area contributed by atoms with Crippen LogP contribution in [0.5, 0.6) is 5.75 Å². The largest absolute Gasteiger partial charge is 0.463 e. The van der Waals surface area contributed by atoms with Crippen molar-refractivity contribution in [3.8, 4) is 5.75 Å². The van der Waals surface area contributed by atoms with Crippen LogP contribution in [0.15, 0.2) is 36.4 Å². The van der Waals surface area contributed by atoms with Crippen LogP contribution in [-0.4, -0.2) is 58.9 Å². The first-order chi connectivity index (χ1) is 20.7. The first kappa shape index (κ1) is 37.3. The lowest BCUT2D eigenvalue weighted by molar-refractivity contribution is -0.180. The van der Waals surface area contributed by atoms with E-state index in [1.165, 1.54) is 18.4 Å². The van der Waals surface area contributed by atoms with E-state index in [9.17, 15) is 0 Å². The smallest absolute Gasteiger partial charge is 0.205 e. The number of unbranched alkanes of at least 4 members (excludes halogenated alkanes) is 3. The Morgan fingerprint density at radius 1 is 1.00 bits per heavy atom. The summed E-state index contributed by atoms with van der Waals surface area (Å²) in [6, 6.07) is 12.1. The van der Waals surface area contributed by atoms with E-state index in [0.29, 0.717) is 6.61 Å². The molecule has 1 unspecified atom stereocenters.